The molecule has 4 aromatic rings. The minimum atomic E-state index is -0.902. The van der Waals surface area contributed by atoms with E-state index in [0.29, 0.717) is 16.8 Å². The molecule has 0 aliphatic carbocycles. The molecule has 0 atom stereocenters. The van der Waals surface area contributed by atoms with Crippen LogP contribution < -0.4 is 10.4 Å². The molecule has 6 heteroatoms. The zero-order valence-corrected chi connectivity index (χ0v) is 19.7. The Morgan fingerprint density at radius 1 is 0.882 bits per heavy atom. The standard InChI is InChI=1S/C28H25NO5/c1-15-12-18(4)26(19(5)13-15)34-27(31)23(25(30)20-11-10-16(2)17(3)14-20)24-28(32)33-22-9-7-6-8-21(22)29-24/h6-14,30H,1-5H3. The van der Waals surface area contributed by atoms with Crippen LogP contribution in [-0.2, 0) is 4.79 Å². The van der Waals surface area contributed by atoms with Gasteiger partial charge in [-0.2, -0.15) is 0 Å². The van der Waals surface area contributed by atoms with Gasteiger partial charge in [0.15, 0.2) is 11.3 Å². The number of nitrogens with zero attached hydrogens (tertiary/aromatic N) is 1. The molecule has 6 nitrogen and oxygen atoms in total. The molecule has 0 aliphatic heterocycles. The van der Waals surface area contributed by atoms with Gasteiger partial charge >= 0.3 is 11.6 Å². The van der Waals surface area contributed by atoms with Gasteiger partial charge in [-0.05, 0) is 75.1 Å². The van der Waals surface area contributed by atoms with Gasteiger partial charge in [0, 0.05) is 5.56 Å². The number of fused-ring (bicyclic) bond motifs is 1. The Hall–Kier alpha value is -4.19. The van der Waals surface area contributed by atoms with Crippen LogP contribution in [0.3, 0.4) is 0 Å². The molecule has 0 saturated carbocycles. The van der Waals surface area contributed by atoms with Crippen molar-refractivity contribution in [2.24, 2.45) is 0 Å². The molecule has 172 valence electrons. The van der Waals surface area contributed by atoms with Crippen molar-refractivity contribution in [3.8, 4) is 5.75 Å². The molecule has 34 heavy (non-hydrogen) atoms. The van der Waals surface area contributed by atoms with Gasteiger partial charge in [-0.25, -0.2) is 14.6 Å². The van der Waals surface area contributed by atoms with Crippen molar-refractivity contribution >= 4 is 28.4 Å². The van der Waals surface area contributed by atoms with Crippen molar-refractivity contribution in [2.45, 2.75) is 34.6 Å². The number of aromatic nitrogens is 1. The van der Waals surface area contributed by atoms with E-state index in [1.165, 1.54) is 0 Å². The number of aliphatic hydroxyl groups is 1. The molecule has 3 aromatic carbocycles. The summed E-state index contributed by atoms with van der Waals surface area (Å²) >= 11 is 0. The maximum atomic E-state index is 13.5. The molecule has 0 unspecified atom stereocenters. The Labute approximate surface area is 197 Å². The second-order valence-corrected chi connectivity index (χ2v) is 8.46. The zero-order valence-electron chi connectivity index (χ0n) is 19.7. The summed E-state index contributed by atoms with van der Waals surface area (Å²) in [6.07, 6.45) is 0. The van der Waals surface area contributed by atoms with E-state index in [-0.39, 0.29) is 16.9 Å². The number of carbonyl (C=O) groups is 1. The van der Waals surface area contributed by atoms with E-state index in [1.54, 1.807) is 36.4 Å². The van der Waals surface area contributed by atoms with Crippen molar-refractivity contribution in [3.63, 3.8) is 0 Å². The minimum Gasteiger partial charge on any atom is -0.506 e. The number of aliphatic hydroxyl groups excluding tert-OH is 1. The lowest BCUT2D eigenvalue weighted by Crippen LogP contribution is -2.20. The van der Waals surface area contributed by atoms with E-state index in [1.807, 2.05) is 52.8 Å². The molecule has 1 aromatic heterocycles. The topological polar surface area (TPSA) is 89.6 Å². The lowest BCUT2D eigenvalue weighted by atomic mass is 10.0. The van der Waals surface area contributed by atoms with E-state index in [0.717, 1.165) is 27.8 Å². The predicted molar refractivity (Wildman–Crippen MR) is 132 cm³/mol. The maximum Gasteiger partial charge on any atom is 0.363 e. The Morgan fingerprint density at radius 2 is 1.56 bits per heavy atom. The smallest absolute Gasteiger partial charge is 0.363 e. The number of carbonyl (C=O) groups excluding carboxylic acids is 1. The van der Waals surface area contributed by atoms with Crippen LogP contribution >= 0.6 is 0 Å². The van der Waals surface area contributed by atoms with Crippen LogP contribution in [0, 0.1) is 34.6 Å². The van der Waals surface area contributed by atoms with Crippen LogP contribution in [0.15, 0.2) is 63.8 Å². The van der Waals surface area contributed by atoms with Crippen LogP contribution in [0.5, 0.6) is 5.75 Å². The van der Waals surface area contributed by atoms with Crippen LogP contribution in [0.25, 0.3) is 22.4 Å². The predicted octanol–water partition coefficient (Wildman–Crippen LogP) is 5.76. The summed E-state index contributed by atoms with van der Waals surface area (Å²) in [5, 5.41) is 11.2. The van der Waals surface area contributed by atoms with Crippen LogP contribution in [-0.4, -0.2) is 16.1 Å². The zero-order chi connectivity index (χ0) is 24.6. The van der Waals surface area contributed by atoms with E-state index < -0.39 is 17.4 Å². The van der Waals surface area contributed by atoms with Gasteiger partial charge in [-0.1, -0.05) is 42.0 Å². The summed E-state index contributed by atoms with van der Waals surface area (Å²) in [6, 6.07) is 15.8. The quantitative estimate of drug-likeness (QED) is 0.182. The van der Waals surface area contributed by atoms with Crippen molar-refractivity contribution in [2.75, 3.05) is 0 Å². The van der Waals surface area contributed by atoms with Gasteiger partial charge in [0.1, 0.15) is 22.6 Å². The van der Waals surface area contributed by atoms with Crippen molar-refractivity contribution < 1.29 is 19.1 Å². The van der Waals surface area contributed by atoms with Gasteiger partial charge in [0.2, 0.25) is 0 Å². The summed E-state index contributed by atoms with van der Waals surface area (Å²) in [4.78, 5) is 30.7. The minimum absolute atomic E-state index is 0.278. The van der Waals surface area contributed by atoms with Crippen LogP contribution in [0.2, 0.25) is 0 Å². The first-order chi connectivity index (χ1) is 16.2. The first-order valence-corrected chi connectivity index (χ1v) is 10.9. The highest BCUT2D eigenvalue weighted by Crippen LogP contribution is 2.30. The van der Waals surface area contributed by atoms with Crippen LogP contribution in [0.1, 0.15) is 39.1 Å². The third-order valence-corrected chi connectivity index (χ3v) is 5.75. The fourth-order valence-corrected chi connectivity index (χ4v) is 3.92. The largest absolute Gasteiger partial charge is 0.506 e. The Kier molecular flexibility index (Phi) is 6.07. The Morgan fingerprint density at radius 3 is 2.24 bits per heavy atom. The molecule has 0 bridgehead atoms. The van der Waals surface area contributed by atoms with Crippen molar-refractivity contribution in [1.29, 1.82) is 0 Å². The first-order valence-electron chi connectivity index (χ1n) is 10.9. The highest BCUT2D eigenvalue weighted by molar-refractivity contribution is 6.23. The molecule has 0 saturated heterocycles. The summed E-state index contributed by atoms with van der Waals surface area (Å²) in [7, 11) is 0. The number of para-hydroxylation sites is 2. The molecule has 0 spiro atoms. The molecule has 0 fully saturated rings. The average Bonchev–Trinajstić information content (AvgIpc) is 2.78. The molecule has 0 amide bonds. The lowest BCUT2D eigenvalue weighted by Gasteiger charge is -2.14. The second-order valence-electron chi connectivity index (χ2n) is 8.46. The second kappa shape index (κ2) is 8.98. The van der Waals surface area contributed by atoms with Gasteiger partial charge in [0.05, 0.1) is 0 Å². The molecule has 0 aliphatic rings. The maximum absolute atomic E-state index is 13.5. The fraction of sp³-hybridized carbons (Fsp3) is 0.179. The number of hydrogen-bond donors (Lipinski definition) is 1. The first kappa shape index (κ1) is 23.0. The van der Waals surface area contributed by atoms with Crippen molar-refractivity contribution in [3.05, 3.63) is 104 Å². The molecule has 4 rings (SSSR count). The summed E-state index contributed by atoms with van der Waals surface area (Å²) in [5.41, 5.74) is 3.97. The van der Waals surface area contributed by atoms with Crippen molar-refractivity contribution in [1.82, 2.24) is 4.98 Å². The third-order valence-electron chi connectivity index (χ3n) is 5.75. The Balaban J connectivity index is 1.94. The van der Waals surface area contributed by atoms with Crippen LogP contribution in [0.4, 0.5) is 0 Å². The molecule has 0 radical (unpaired) electrons. The fourth-order valence-electron chi connectivity index (χ4n) is 3.92. The SMILES string of the molecule is Cc1cc(C)c(OC(=O)C(=C(O)c2ccc(C)c(C)c2)c2nc3ccccc3oc2=O)c(C)c1. The van der Waals surface area contributed by atoms with Gasteiger partial charge in [0.25, 0.3) is 0 Å². The number of hydrogen-bond acceptors (Lipinski definition) is 6. The average molecular weight is 456 g/mol. The van der Waals surface area contributed by atoms with E-state index in [4.69, 9.17) is 9.15 Å². The number of rotatable bonds is 4. The van der Waals surface area contributed by atoms with E-state index >= 15 is 0 Å². The number of ether oxygens (including phenoxy) is 1. The molecular formula is C28H25NO5. The summed E-state index contributed by atoms with van der Waals surface area (Å²) < 4.78 is 11.1. The summed E-state index contributed by atoms with van der Waals surface area (Å²) in [6.45, 7) is 9.45. The number of benzene rings is 3. The van der Waals surface area contributed by atoms with Gasteiger partial charge < -0.3 is 14.3 Å². The molecular weight excluding hydrogens is 430 g/mol. The monoisotopic (exact) mass is 455 g/mol. The summed E-state index contributed by atoms with van der Waals surface area (Å²) in [5.74, 6) is -0.947. The number of aryl methyl sites for hydroxylation is 5. The highest BCUT2D eigenvalue weighted by Gasteiger charge is 2.27. The molecule has 1 N–H and O–H groups in total. The van der Waals surface area contributed by atoms with E-state index in [9.17, 15) is 14.7 Å². The Bertz CT molecular complexity index is 1500. The third kappa shape index (κ3) is 4.35. The highest BCUT2D eigenvalue weighted by atomic mass is 16.5. The van der Waals surface area contributed by atoms with Gasteiger partial charge in [-0.3, -0.25) is 0 Å². The number of esters is 1. The van der Waals surface area contributed by atoms with Gasteiger partial charge in [-0.15, -0.1) is 0 Å². The lowest BCUT2D eigenvalue weighted by molar-refractivity contribution is -0.128. The molecule has 1 heterocycles. The normalized spacial score (nSPS) is 11.9. The van der Waals surface area contributed by atoms with E-state index in [2.05, 4.69) is 4.98 Å².